The number of benzene rings is 1. The molecule has 2 saturated heterocycles. The molecule has 4 atom stereocenters. The van der Waals surface area contributed by atoms with Crippen LogP contribution < -0.4 is 16.3 Å². The van der Waals surface area contributed by atoms with Gasteiger partial charge in [-0.25, -0.2) is 9.36 Å². The van der Waals surface area contributed by atoms with Gasteiger partial charge in [0.05, 0.1) is 12.7 Å². The topological polar surface area (TPSA) is 130 Å². The van der Waals surface area contributed by atoms with Crippen LogP contribution in [0.3, 0.4) is 0 Å². The molecular weight excluding hydrogens is 501 g/mol. The number of fused-ring (bicyclic) bond motifs is 2. The Balaban J connectivity index is 1.32. The van der Waals surface area contributed by atoms with E-state index in [0.717, 1.165) is 36.8 Å². The van der Waals surface area contributed by atoms with E-state index in [-0.39, 0.29) is 5.82 Å². The van der Waals surface area contributed by atoms with Crippen molar-refractivity contribution in [2.24, 2.45) is 0 Å². The zero-order valence-corrected chi connectivity index (χ0v) is 20.4. The Labute approximate surface area is 204 Å². The minimum absolute atomic E-state index is 0.106. The normalized spacial score (nSPS) is 28.8. The highest BCUT2D eigenvalue weighted by atomic mass is 31.2. The molecule has 2 aromatic rings. The van der Waals surface area contributed by atoms with Gasteiger partial charge in [0, 0.05) is 24.0 Å². The molecule has 2 fully saturated rings. The van der Waals surface area contributed by atoms with Crippen molar-refractivity contribution < 1.29 is 36.4 Å². The number of hydrogen-bond donors (Lipinski definition) is 2. The van der Waals surface area contributed by atoms with Gasteiger partial charge in [-0.2, -0.15) is 13.8 Å². The molecule has 0 saturated carbocycles. The molecule has 3 aliphatic rings. The highest BCUT2D eigenvalue weighted by Crippen LogP contribution is 2.60. The Bertz CT molecular complexity index is 1290. The van der Waals surface area contributed by atoms with Gasteiger partial charge in [0.2, 0.25) is 6.23 Å². The third kappa shape index (κ3) is 4.69. The summed E-state index contributed by atoms with van der Waals surface area (Å²) in [6.45, 7) is 3.51. The first kappa shape index (κ1) is 25.0. The molecular formula is C22H25F2N4O7P. The van der Waals surface area contributed by atoms with Crippen LogP contribution in [0.25, 0.3) is 0 Å². The number of carbonyl (C=O) groups excluding carboxylic acids is 1. The van der Waals surface area contributed by atoms with Gasteiger partial charge in [0.25, 0.3) is 5.91 Å². The lowest BCUT2D eigenvalue weighted by Crippen LogP contribution is -2.45. The monoisotopic (exact) mass is 526 g/mol. The van der Waals surface area contributed by atoms with Crippen LogP contribution in [0.5, 0.6) is 0 Å². The Hall–Kier alpha value is -2.70. The number of halogens is 2. The highest BCUT2D eigenvalue weighted by Gasteiger charge is 2.65. The lowest BCUT2D eigenvalue weighted by atomic mass is 10.0. The molecule has 5 rings (SSSR count). The van der Waals surface area contributed by atoms with Gasteiger partial charge in [-0.05, 0) is 56.5 Å². The standard InChI is InChI=1S/C22H25F2N4O7P/c1-12(2)34-36(31)32-11-16-18(35-36)22(23,24)20(33-16)28-9-7-17(27-21(28)30)26-19(29)14-5-6-15-13(10-14)4-3-8-25-15/h5-7,9-10,12,16,18,20,25H,3-4,8,11H2,1-2H3,(H,26,27,29,30)/t16-,18-,20?,36?/m1/s1. The van der Waals surface area contributed by atoms with Crippen molar-refractivity contribution in [3.05, 3.63) is 52.1 Å². The molecule has 14 heteroatoms. The number of carbonyl (C=O) groups is 1. The number of nitrogens with zero attached hydrogens (tertiary/aromatic N) is 2. The average molecular weight is 526 g/mol. The second-order valence-corrected chi connectivity index (χ2v) is 10.6. The van der Waals surface area contributed by atoms with Crippen molar-refractivity contribution >= 4 is 25.2 Å². The fraction of sp³-hybridized carbons (Fsp3) is 0.500. The lowest BCUT2D eigenvalue weighted by molar-refractivity contribution is -0.139. The van der Waals surface area contributed by atoms with E-state index in [1.807, 2.05) is 6.07 Å². The number of rotatable bonds is 5. The Morgan fingerprint density at radius 2 is 2.17 bits per heavy atom. The maximum absolute atomic E-state index is 15.2. The zero-order chi connectivity index (χ0) is 25.7. The van der Waals surface area contributed by atoms with Crippen LogP contribution in [0.2, 0.25) is 0 Å². The van der Waals surface area contributed by atoms with Gasteiger partial charge in [0.1, 0.15) is 11.9 Å². The third-order valence-corrected chi connectivity index (χ3v) is 7.59. The van der Waals surface area contributed by atoms with Crippen molar-refractivity contribution in [1.82, 2.24) is 9.55 Å². The number of nitrogens with one attached hydrogen (secondary N) is 2. The number of phosphoric ester groups is 1. The van der Waals surface area contributed by atoms with E-state index < -0.39 is 56.5 Å². The van der Waals surface area contributed by atoms with Crippen LogP contribution in [0.1, 0.15) is 42.4 Å². The fourth-order valence-electron chi connectivity index (χ4n) is 4.35. The first-order valence-electron chi connectivity index (χ1n) is 11.5. The van der Waals surface area contributed by atoms with E-state index in [9.17, 15) is 14.2 Å². The smallest absolute Gasteiger partial charge is 0.385 e. The van der Waals surface area contributed by atoms with Crippen molar-refractivity contribution in [1.29, 1.82) is 0 Å². The number of anilines is 2. The molecule has 2 N–H and O–H groups in total. The summed E-state index contributed by atoms with van der Waals surface area (Å²) in [7, 11) is -4.22. The van der Waals surface area contributed by atoms with Crippen LogP contribution in [-0.2, 0) is 29.3 Å². The summed E-state index contributed by atoms with van der Waals surface area (Å²) in [4.78, 5) is 29.0. The minimum Gasteiger partial charge on any atom is -0.385 e. The SMILES string of the molecule is CC(C)OP1(=O)OC[C@H]2OC(n3ccc(NC(=O)c4ccc5c(c4)CCCN5)nc3=O)C(F)(F)[C@@H]2O1. The second kappa shape index (κ2) is 9.31. The van der Waals surface area contributed by atoms with E-state index >= 15 is 8.78 Å². The number of aryl methyl sites for hydroxylation is 1. The van der Waals surface area contributed by atoms with E-state index in [1.54, 1.807) is 26.0 Å². The molecule has 3 aliphatic heterocycles. The van der Waals surface area contributed by atoms with Crippen molar-refractivity contribution in [3.63, 3.8) is 0 Å². The Morgan fingerprint density at radius 3 is 2.92 bits per heavy atom. The zero-order valence-electron chi connectivity index (χ0n) is 19.5. The summed E-state index contributed by atoms with van der Waals surface area (Å²) >= 11 is 0. The lowest BCUT2D eigenvalue weighted by Gasteiger charge is -2.32. The number of alkyl halides is 2. The van der Waals surface area contributed by atoms with Gasteiger partial charge >= 0.3 is 19.4 Å². The molecule has 0 bridgehead atoms. The minimum atomic E-state index is -4.22. The quantitative estimate of drug-likeness (QED) is 0.564. The van der Waals surface area contributed by atoms with Crippen molar-refractivity contribution in [2.45, 2.75) is 57.2 Å². The number of aromatic nitrogens is 2. The summed E-state index contributed by atoms with van der Waals surface area (Å²) in [5, 5.41) is 5.77. The third-order valence-electron chi connectivity index (χ3n) is 5.96. The van der Waals surface area contributed by atoms with Gasteiger partial charge in [-0.15, -0.1) is 0 Å². The summed E-state index contributed by atoms with van der Waals surface area (Å²) in [6.07, 6.45) is -3.08. The molecule has 194 valence electrons. The maximum Gasteiger partial charge on any atom is 0.475 e. The van der Waals surface area contributed by atoms with Gasteiger partial charge in [0.15, 0.2) is 6.10 Å². The van der Waals surface area contributed by atoms with Gasteiger partial charge < -0.3 is 15.4 Å². The summed E-state index contributed by atoms with van der Waals surface area (Å²) in [5.41, 5.74) is 1.28. The van der Waals surface area contributed by atoms with Crippen molar-refractivity contribution in [3.8, 4) is 0 Å². The molecule has 11 nitrogen and oxygen atoms in total. The molecule has 1 aromatic carbocycles. The largest absolute Gasteiger partial charge is 0.475 e. The van der Waals surface area contributed by atoms with Crippen LogP contribution in [-0.4, -0.2) is 52.8 Å². The highest BCUT2D eigenvalue weighted by molar-refractivity contribution is 7.48. The van der Waals surface area contributed by atoms with E-state index in [1.165, 1.54) is 6.07 Å². The van der Waals surface area contributed by atoms with Crippen molar-refractivity contribution in [2.75, 3.05) is 23.8 Å². The maximum atomic E-state index is 15.2. The molecule has 1 aromatic heterocycles. The summed E-state index contributed by atoms with van der Waals surface area (Å²) in [5.74, 6) is -4.35. The first-order chi connectivity index (χ1) is 17.1. The molecule has 2 unspecified atom stereocenters. The fourth-order valence-corrected chi connectivity index (χ4v) is 5.92. The average Bonchev–Trinajstić information content (AvgIpc) is 3.07. The summed E-state index contributed by atoms with van der Waals surface area (Å²) < 4.78 is 64.0. The number of amides is 1. The molecule has 0 aliphatic carbocycles. The van der Waals surface area contributed by atoms with E-state index in [2.05, 4.69) is 15.6 Å². The molecule has 1 amide bonds. The Kier molecular flexibility index (Phi) is 6.46. The van der Waals surface area contributed by atoms with Crippen LogP contribution >= 0.6 is 7.82 Å². The summed E-state index contributed by atoms with van der Waals surface area (Å²) in [6, 6.07) is 6.43. The first-order valence-corrected chi connectivity index (χ1v) is 12.9. The number of ether oxygens (including phenoxy) is 1. The van der Waals surface area contributed by atoms with E-state index in [0.29, 0.717) is 10.1 Å². The molecule has 4 heterocycles. The van der Waals surface area contributed by atoms with Gasteiger partial charge in [-0.3, -0.25) is 22.9 Å². The predicted molar refractivity (Wildman–Crippen MR) is 123 cm³/mol. The van der Waals surface area contributed by atoms with Crippen LogP contribution in [0, 0.1) is 0 Å². The van der Waals surface area contributed by atoms with Crippen LogP contribution in [0.4, 0.5) is 20.3 Å². The van der Waals surface area contributed by atoms with Crippen LogP contribution in [0.15, 0.2) is 35.3 Å². The number of hydrogen-bond acceptors (Lipinski definition) is 9. The predicted octanol–water partition coefficient (Wildman–Crippen LogP) is 3.33. The molecule has 36 heavy (non-hydrogen) atoms. The van der Waals surface area contributed by atoms with Gasteiger partial charge in [-0.1, -0.05) is 0 Å². The molecule has 0 spiro atoms. The molecule has 0 radical (unpaired) electrons. The van der Waals surface area contributed by atoms with E-state index in [4.69, 9.17) is 18.3 Å². The Morgan fingerprint density at radius 1 is 1.36 bits per heavy atom. The number of phosphoric acid groups is 1. The second-order valence-electron chi connectivity index (χ2n) is 8.98.